The summed E-state index contributed by atoms with van der Waals surface area (Å²) in [7, 11) is 0. The summed E-state index contributed by atoms with van der Waals surface area (Å²) in [6, 6.07) is 15.5. The van der Waals surface area contributed by atoms with Crippen LogP contribution in [0.3, 0.4) is 0 Å². The predicted octanol–water partition coefficient (Wildman–Crippen LogP) is 4.07. The van der Waals surface area contributed by atoms with Gasteiger partial charge in [-0.05, 0) is 42.1 Å². The van der Waals surface area contributed by atoms with Gasteiger partial charge in [0, 0.05) is 25.0 Å². The molecular formula is C22H31ClN2O. The monoisotopic (exact) mass is 374 g/mol. The number of nitrogens with two attached hydrogens (primary N) is 1. The Morgan fingerprint density at radius 3 is 2.50 bits per heavy atom. The van der Waals surface area contributed by atoms with E-state index in [0.29, 0.717) is 6.04 Å². The molecule has 1 aliphatic heterocycles. The zero-order valence-corrected chi connectivity index (χ0v) is 16.3. The first-order valence-corrected chi connectivity index (χ1v) is 9.83. The first-order valence-electron chi connectivity index (χ1n) is 9.83. The fourth-order valence-electron chi connectivity index (χ4n) is 4.81. The topological polar surface area (TPSA) is 49.5 Å². The fourth-order valence-corrected chi connectivity index (χ4v) is 4.81. The Balaban J connectivity index is 0.00000196. The molecule has 2 fully saturated rings. The summed E-state index contributed by atoms with van der Waals surface area (Å²) in [5, 5.41) is 14.1. The average Bonchev–Trinajstić information content (AvgIpc) is 3.05. The number of nitrogens with zero attached hydrogens (tertiary/aromatic N) is 1. The molecule has 0 radical (unpaired) electrons. The molecule has 2 atom stereocenters. The standard InChI is InChI=1S/C22H30N2O.ClH/c23-20-10-13-24(15-20)16-21(22(25)11-4-1-5-12-22)19-9-8-17-6-2-3-7-18(17)14-19;/h2-3,6-9,14,20-21,25H,1,4-5,10-13,15-16,23H2;1H/t20-,21?;/m1./s1. The van der Waals surface area contributed by atoms with E-state index in [0.717, 1.165) is 51.7 Å². The zero-order chi connectivity index (χ0) is 17.3. The van der Waals surface area contributed by atoms with Gasteiger partial charge in [0.2, 0.25) is 0 Å². The summed E-state index contributed by atoms with van der Waals surface area (Å²) in [6.45, 7) is 2.93. The van der Waals surface area contributed by atoms with Crippen molar-refractivity contribution < 1.29 is 5.11 Å². The summed E-state index contributed by atoms with van der Waals surface area (Å²) in [4.78, 5) is 2.46. The summed E-state index contributed by atoms with van der Waals surface area (Å²) in [5.41, 5.74) is 6.83. The van der Waals surface area contributed by atoms with Crippen LogP contribution in [0.4, 0.5) is 0 Å². The molecule has 1 heterocycles. The largest absolute Gasteiger partial charge is 0.389 e. The number of benzene rings is 2. The van der Waals surface area contributed by atoms with E-state index in [1.165, 1.54) is 22.8 Å². The van der Waals surface area contributed by atoms with Gasteiger partial charge in [0.25, 0.3) is 0 Å². The third-order valence-electron chi connectivity index (χ3n) is 6.29. The van der Waals surface area contributed by atoms with Crippen molar-refractivity contribution in [3.05, 3.63) is 48.0 Å². The van der Waals surface area contributed by atoms with Gasteiger partial charge < -0.3 is 15.7 Å². The van der Waals surface area contributed by atoms with Gasteiger partial charge >= 0.3 is 0 Å². The van der Waals surface area contributed by atoms with Crippen LogP contribution in [-0.4, -0.2) is 41.3 Å². The first kappa shape index (κ1) is 19.6. The molecule has 1 unspecified atom stereocenters. The van der Waals surface area contributed by atoms with E-state index in [2.05, 4.69) is 47.4 Å². The molecule has 1 saturated heterocycles. The van der Waals surface area contributed by atoms with Gasteiger partial charge in [-0.2, -0.15) is 0 Å². The molecule has 4 heteroatoms. The third kappa shape index (κ3) is 4.07. The van der Waals surface area contributed by atoms with Crippen molar-refractivity contribution in [1.29, 1.82) is 0 Å². The molecule has 2 aromatic carbocycles. The molecule has 2 aromatic rings. The van der Waals surface area contributed by atoms with Gasteiger partial charge in [-0.1, -0.05) is 61.7 Å². The minimum atomic E-state index is -0.576. The maximum Gasteiger partial charge on any atom is 0.0728 e. The highest BCUT2D eigenvalue weighted by molar-refractivity contribution is 5.85. The van der Waals surface area contributed by atoms with Crippen LogP contribution in [0.25, 0.3) is 10.8 Å². The maximum atomic E-state index is 11.5. The molecule has 0 aromatic heterocycles. The second kappa shape index (κ2) is 8.26. The highest BCUT2D eigenvalue weighted by Crippen LogP contribution is 2.41. The molecule has 1 saturated carbocycles. The normalized spacial score (nSPS) is 24.3. The summed E-state index contributed by atoms with van der Waals surface area (Å²) in [6.07, 6.45) is 6.44. The van der Waals surface area contributed by atoms with Crippen molar-refractivity contribution in [1.82, 2.24) is 4.90 Å². The lowest BCUT2D eigenvalue weighted by molar-refractivity contribution is -0.0294. The Kier molecular flexibility index (Phi) is 6.24. The number of aliphatic hydroxyl groups is 1. The SMILES string of the molecule is Cl.N[C@@H]1CCN(CC(c2ccc3ccccc3c2)C2(O)CCCCC2)C1. The second-order valence-corrected chi connectivity index (χ2v) is 8.13. The van der Waals surface area contributed by atoms with Crippen LogP contribution >= 0.6 is 12.4 Å². The number of hydrogen-bond acceptors (Lipinski definition) is 3. The Labute approximate surface area is 163 Å². The average molecular weight is 375 g/mol. The summed E-state index contributed by atoms with van der Waals surface area (Å²) in [5.74, 6) is 0.169. The van der Waals surface area contributed by atoms with Crippen LogP contribution in [0.15, 0.2) is 42.5 Å². The van der Waals surface area contributed by atoms with Crippen LogP contribution in [0.5, 0.6) is 0 Å². The Hall–Kier alpha value is -1.13. The zero-order valence-electron chi connectivity index (χ0n) is 15.4. The van der Waals surface area contributed by atoms with E-state index < -0.39 is 5.60 Å². The number of likely N-dealkylation sites (tertiary alicyclic amines) is 1. The number of halogens is 1. The number of fused-ring (bicyclic) bond motifs is 1. The molecule has 3 N–H and O–H groups in total. The van der Waals surface area contributed by atoms with Crippen LogP contribution < -0.4 is 5.73 Å². The van der Waals surface area contributed by atoms with Crippen molar-refractivity contribution in [2.45, 2.75) is 56.1 Å². The predicted molar refractivity (Wildman–Crippen MR) is 111 cm³/mol. The Morgan fingerprint density at radius 2 is 1.81 bits per heavy atom. The van der Waals surface area contributed by atoms with Gasteiger partial charge in [0.05, 0.1) is 5.60 Å². The molecule has 0 spiro atoms. The molecule has 3 nitrogen and oxygen atoms in total. The van der Waals surface area contributed by atoms with Gasteiger partial charge in [-0.15, -0.1) is 12.4 Å². The minimum absolute atomic E-state index is 0. The maximum absolute atomic E-state index is 11.5. The molecular weight excluding hydrogens is 344 g/mol. The van der Waals surface area contributed by atoms with Crippen molar-refractivity contribution in [3.63, 3.8) is 0 Å². The number of rotatable bonds is 4. The molecule has 26 heavy (non-hydrogen) atoms. The van der Waals surface area contributed by atoms with Gasteiger partial charge in [0.15, 0.2) is 0 Å². The number of hydrogen-bond donors (Lipinski definition) is 2. The highest BCUT2D eigenvalue weighted by Gasteiger charge is 2.40. The molecule has 2 aliphatic rings. The lowest BCUT2D eigenvalue weighted by atomic mass is 9.72. The lowest BCUT2D eigenvalue weighted by Gasteiger charge is -2.41. The van der Waals surface area contributed by atoms with Crippen LogP contribution in [0.1, 0.15) is 50.0 Å². The van der Waals surface area contributed by atoms with Gasteiger partial charge in [0.1, 0.15) is 0 Å². The highest BCUT2D eigenvalue weighted by atomic mass is 35.5. The van der Waals surface area contributed by atoms with E-state index in [-0.39, 0.29) is 18.3 Å². The van der Waals surface area contributed by atoms with Crippen molar-refractivity contribution >= 4 is 23.2 Å². The molecule has 0 bridgehead atoms. The summed E-state index contributed by atoms with van der Waals surface area (Å²) < 4.78 is 0. The van der Waals surface area contributed by atoms with E-state index in [1.54, 1.807) is 0 Å². The molecule has 4 rings (SSSR count). The quantitative estimate of drug-likeness (QED) is 0.847. The Morgan fingerprint density at radius 1 is 1.08 bits per heavy atom. The van der Waals surface area contributed by atoms with E-state index >= 15 is 0 Å². The molecule has 0 amide bonds. The van der Waals surface area contributed by atoms with Gasteiger partial charge in [-0.3, -0.25) is 0 Å². The lowest BCUT2D eigenvalue weighted by Crippen LogP contribution is -2.44. The summed E-state index contributed by atoms with van der Waals surface area (Å²) >= 11 is 0. The van der Waals surface area contributed by atoms with Crippen LogP contribution in [0, 0.1) is 0 Å². The first-order chi connectivity index (χ1) is 12.1. The van der Waals surface area contributed by atoms with Crippen molar-refractivity contribution in [2.75, 3.05) is 19.6 Å². The Bertz CT molecular complexity index is 729. The minimum Gasteiger partial charge on any atom is -0.389 e. The van der Waals surface area contributed by atoms with Crippen molar-refractivity contribution in [3.8, 4) is 0 Å². The van der Waals surface area contributed by atoms with E-state index in [1.807, 2.05) is 0 Å². The molecule has 142 valence electrons. The smallest absolute Gasteiger partial charge is 0.0728 e. The van der Waals surface area contributed by atoms with E-state index in [9.17, 15) is 5.11 Å². The van der Waals surface area contributed by atoms with Crippen molar-refractivity contribution in [2.24, 2.45) is 5.73 Å². The third-order valence-corrected chi connectivity index (χ3v) is 6.29. The second-order valence-electron chi connectivity index (χ2n) is 8.13. The van der Waals surface area contributed by atoms with Crippen LogP contribution in [0.2, 0.25) is 0 Å². The van der Waals surface area contributed by atoms with Gasteiger partial charge in [-0.25, -0.2) is 0 Å². The van der Waals surface area contributed by atoms with Crippen LogP contribution in [-0.2, 0) is 0 Å². The molecule has 1 aliphatic carbocycles. The van der Waals surface area contributed by atoms with E-state index in [4.69, 9.17) is 5.73 Å². The fraction of sp³-hybridized carbons (Fsp3) is 0.545.